The lowest BCUT2D eigenvalue weighted by molar-refractivity contribution is 0.0885. The standard InChI is InChI=1S/C16H30N2S/c1-6-11-17-15(13-14-10-9-12-19-14)16(7-2,8-3)18(4)5/h9-10,12,15,17H,6-8,11,13H2,1-5H3. The minimum atomic E-state index is 0.249. The second-order valence-corrected chi connectivity index (χ2v) is 6.53. The van der Waals surface area contributed by atoms with Crippen molar-refractivity contribution in [2.75, 3.05) is 20.6 Å². The number of hydrogen-bond donors (Lipinski definition) is 1. The van der Waals surface area contributed by atoms with Crippen molar-refractivity contribution in [1.82, 2.24) is 10.2 Å². The maximum atomic E-state index is 3.80. The van der Waals surface area contributed by atoms with Gasteiger partial charge in [0.05, 0.1) is 0 Å². The summed E-state index contributed by atoms with van der Waals surface area (Å²) in [5.74, 6) is 0. The van der Waals surface area contributed by atoms with E-state index < -0.39 is 0 Å². The first-order valence-corrected chi connectivity index (χ1v) is 8.41. The van der Waals surface area contributed by atoms with Gasteiger partial charge in [-0.3, -0.25) is 0 Å². The van der Waals surface area contributed by atoms with E-state index in [0.29, 0.717) is 6.04 Å². The Bertz CT molecular complexity index is 329. The molecule has 3 heteroatoms. The van der Waals surface area contributed by atoms with Crippen molar-refractivity contribution < 1.29 is 0 Å². The van der Waals surface area contributed by atoms with Crippen LogP contribution in [0, 0.1) is 0 Å². The fraction of sp³-hybridized carbons (Fsp3) is 0.750. The third kappa shape index (κ3) is 4.04. The zero-order valence-corrected chi connectivity index (χ0v) is 14.0. The predicted molar refractivity (Wildman–Crippen MR) is 87.1 cm³/mol. The maximum absolute atomic E-state index is 3.80. The van der Waals surface area contributed by atoms with Crippen LogP contribution in [0.4, 0.5) is 0 Å². The molecular formula is C16H30N2S. The number of nitrogens with zero attached hydrogens (tertiary/aromatic N) is 1. The molecule has 1 N–H and O–H groups in total. The van der Waals surface area contributed by atoms with Gasteiger partial charge in [-0.1, -0.05) is 26.8 Å². The van der Waals surface area contributed by atoms with Gasteiger partial charge >= 0.3 is 0 Å². The minimum Gasteiger partial charge on any atom is -0.312 e. The first kappa shape index (κ1) is 16.7. The first-order valence-electron chi connectivity index (χ1n) is 7.53. The Labute approximate surface area is 123 Å². The third-order valence-electron chi connectivity index (χ3n) is 4.39. The van der Waals surface area contributed by atoms with Gasteiger partial charge in [-0.05, 0) is 57.8 Å². The fourth-order valence-electron chi connectivity index (χ4n) is 3.09. The molecule has 110 valence electrons. The van der Waals surface area contributed by atoms with Crippen LogP contribution in [0.5, 0.6) is 0 Å². The lowest BCUT2D eigenvalue weighted by Crippen LogP contribution is -2.59. The molecule has 1 aromatic heterocycles. The van der Waals surface area contributed by atoms with Crippen LogP contribution in [0.1, 0.15) is 44.9 Å². The topological polar surface area (TPSA) is 15.3 Å². The molecule has 19 heavy (non-hydrogen) atoms. The highest BCUT2D eigenvalue weighted by atomic mass is 32.1. The number of thiophene rings is 1. The van der Waals surface area contributed by atoms with E-state index >= 15 is 0 Å². The van der Waals surface area contributed by atoms with Gasteiger partial charge in [0.15, 0.2) is 0 Å². The lowest BCUT2D eigenvalue weighted by Gasteiger charge is -2.45. The molecule has 0 aliphatic carbocycles. The van der Waals surface area contributed by atoms with Gasteiger partial charge < -0.3 is 10.2 Å². The van der Waals surface area contributed by atoms with Crippen LogP contribution in [0.2, 0.25) is 0 Å². The van der Waals surface area contributed by atoms with Crippen molar-refractivity contribution in [1.29, 1.82) is 0 Å². The van der Waals surface area contributed by atoms with Crippen LogP contribution in [-0.4, -0.2) is 37.1 Å². The van der Waals surface area contributed by atoms with Gasteiger partial charge in [-0.15, -0.1) is 11.3 Å². The number of nitrogens with one attached hydrogen (secondary N) is 1. The molecule has 0 aliphatic heterocycles. The molecule has 1 unspecified atom stereocenters. The van der Waals surface area contributed by atoms with E-state index in [2.05, 4.69) is 62.6 Å². The molecule has 1 heterocycles. The minimum absolute atomic E-state index is 0.249. The van der Waals surface area contributed by atoms with Crippen molar-refractivity contribution in [3.63, 3.8) is 0 Å². The highest BCUT2D eigenvalue weighted by Gasteiger charge is 2.37. The molecular weight excluding hydrogens is 252 g/mol. The van der Waals surface area contributed by atoms with Crippen LogP contribution in [0.3, 0.4) is 0 Å². The van der Waals surface area contributed by atoms with E-state index in [1.807, 2.05) is 11.3 Å². The zero-order valence-electron chi connectivity index (χ0n) is 13.2. The van der Waals surface area contributed by atoms with Gasteiger partial charge in [0.1, 0.15) is 0 Å². The molecule has 1 atom stereocenters. The normalized spacial score (nSPS) is 14.0. The maximum Gasteiger partial charge on any atom is 0.0354 e. The molecule has 0 aliphatic rings. The molecule has 0 saturated heterocycles. The van der Waals surface area contributed by atoms with Crippen molar-refractivity contribution in [3.05, 3.63) is 22.4 Å². The van der Waals surface area contributed by atoms with Crippen LogP contribution < -0.4 is 5.32 Å². The monoisotopic (exact) mass is 282 g/mol. The number of hydrogen-bond acceptors (Lipinski definition) is 3. The highest BCUT2D eigenvalue weighted by Crippen LogP contribution is 2.29. The van der Waals surface area contributed by atoms with Crippen LogP contribution >= 0.6 is 11.3 Å². The molecule has 0 amide bonds. The first-order chi connectivity index (χ1) is 9.10. The summed E-state index contributed by atoms with van der Waals surface area (Å²) in [5.41, 5.74) is 0.249. The molecule has 0 radical (unpaired) electrons. The summed E-state index contributed by atoms with van der Waals surface area (Å²) < 4.78 is 0. The number of likely N-dealkylation sites (N-methyl/N-ethyl adjacent to an activating group) is 1. The van der Waals surface area contributed by atoms with Gasteiger partial charge in [0, 0.05) is 16.5 Å². The summed E-state index contributed by atoms with van der Waals surface area (Å²) in [5, 5.41) is 5.98. The molecule has 1 rings (SSSR count). The third-order valence-corrected chi connectivity index (χ3v) is 5.29. The smallest absolute Gasteiger partial charge is 0.0354 e. The van der Waals surface area contributed by atoms with Gasteiger partial charge in [-0.2, -0.15) is 0 Å². The second kappa shape index (κ2) is 8.03. The molecule has 0 bridgehead atoms. The van der Waals surface area contributed by atoms with Gasteiger partial charge in [0.25, 0.3) is 0 Å². The van der Waals surface area contributed by atoms with Crippen LogP contribution in [-0.2, 0) is 6.42 Å². The van der Waals surface area contributed by atoms with E-state index in [1.54, 1.807) is 0 Å². The Kier molecular flexibility index (Phi) is 7.05. The summed E-state index contributed by atoms with van der Waals surface area (Å²) in [7, 11) is 4.45. The Morgan fingerprint density at radius 3 is 2.37 bits per heavy atom. The van der Waals surface area contributed by atoms with Gasteiger partial charge in [0.2, 0.25) is 0 Å². The molecule has 2 nitrogen and oxygen atoms in total. The summed E-state index contributed by atoms with van der Waals surface area (Å²) in [6.07, 6.45) is 4.70. The largest absolute Gasteiger partial charge is 0.312 e. The van der Waals surface area contributed by atoms with Crippen molar-refractivity contribution in [3.8, 4) is 0 Å². The second-order valence-electron chi connectivity index (χ2n) is 5.50. The molecule has 1 aromatic rings. The summed E-state index contributed by atoms with van der Waals surface area (Å²) >= 11 is 1.87. The van der Waals surface area contributed by atoms with E-state index in [9.17, 15) is 0 Å². The lowest BCUT2D eigenvalue weighted by atomic mass is 9.81. The van der Waals surface area contributed by atoms with E-state index in [0.717, 1.165) is 13.0 Å². The average molecular weight is 282 g/mol. The predicted octanol–water partition coefficient (Wildman–Crippen LogP) is 3.78. The van der Waals surface area contributed by atoms with Crippen molar-refractivity contribution >= 4 is 11.3 Å². The highest BCUT2D eigenvalue weighted by molar-refractivity contribution is 7.09. The Balaban J connectivity index is 2.91. The fourth-order valence-corrected chi connectivity index (χ4v) is 3.84. The summed E-state index contributed by atoms with van der Waals surface area (Å²) in [6.45, 7) is 7.98. The number of rotatable bonds is 9. The molecule has 0 fully saturated rings. The van der Waals surface area contributed by atoms with Crippen molar-refractivity contribution in [2.45, 2.75) is 58.0 Å². The van der Waals surface area contributed by atoms with E-state index in [-0.39, 0.29) is 5.54 Å². The molecule has 0 saturated carbocycles. The molecule has 0 spiro atoms. The quantitative estimate of drug-likeness (QED) is 0.741. The van der Waals surface area contributed by atoms with Crippen molar-refractivity contribution in [2.24, 2.45) is 0 Å². The Morgan fingerprint density at radius 2 is 1.95 bits per heavy atom. The zero-order chi connectivity index (χ0) is 14.3. The Morgan fingerprint density at radius 1 is 1.26 bits per heavy atom. The van der Waals surface area contributed by atoms with E-state index in [1.165, 1.54) is 24.1 Å². The van der Waals surface area contributed by atoms with Gasteiger partial charge in [-0.25, -0.2) is 0 Å². The average Bonchev–Trinajstić information content (AvgIpc) is 2.90. The Hall–Kier alpha value is -0.380. The SMILES string of the molecule is CCCNC(Cc1cccs1)C(CC)(CC)N(C)C. The molecule has 0 aromatic carbocycles. The van der Waals surface area contributed by atoms with Crippen LogP contribution in [0.25, 0.3) is 0 Å². The summed E-state index contributed by atoms with van der Waals surface area (Å²) in [4.78, 5) is 3.91. The summed E-state index contributed by atoms with van der Waals surface area (Å²) in [6, 6.07) is 4.94. The van der Waals surface area contributed by atoms with E-state index in [4.69, 9.17) is 0 Å². The van der Waals surface area contributed by atoms with Crippen LogP contribution in [0.15, 0.2) is 17.5 Å².